The van der Waals surface area contributed by atoms with Gasteiger partial charge in [-0.2, -0.15) is 5.26 Å². The summed E-state index contributed by atoms with van der Waals surface area (Å²) in [5.74, 6) is 0.379. The summed E-state index contributed by atoms with van der Waals surface area (Å²) in [7, 11) is 0. The monoisotopic (exact) mass is 443 g/mol. The van der Waals surface area contributed by atoms with Gasteiger partial charge in [0.1, 0.15) is 11.5 Å². The fourth-order valence-corrected chi connectivity index (χ4v) is 3.24. The number of anilines is 2. The number of carbonyl (C=O) groups is 2. The third-order valence-electron chi connectivity index (χ3n) is 5.05. The number of benzene rings is 3. The maximum absolute atomic E-state index is 12.6. The van der Waals surface area contributed by atoms with Gasteiger partial charge in [0.25, 0.3) is 0 Å². The number of rotatable bonds is 7. The van der Waals surface area contributed by atoms with E-state index < -0.39 is 12.1 Å². The zero-order valence-corrected chi connectivity index (χ0v) is 18.7. The summed E-state index contributed by atoms with van der Waals surface area (Å²) in [5, 5.41) is 24.3. The Morgan fingerprint density at radius 2 is 1.76 bits per heavy atom. The SMILES string of the molecule is Cc1ccc(OC(C)C(=O)Cc2ccc(NC(=O)Nc3ccc(C#N)cc3)c(O)c2)c(C)c1. The van der Waals surface area contributed by atoms with Gasteiger partial charge in [-0.05, 0) is 74.4 Å². The first kappa shape index (κ1) is 23.4. The maximum Gasteiger partial charge on any atom is 0.323 e. The molecule has 0 saturated heterocycles. The van der Waals surface area contributed by atoms with Crippen LogP contribution in [0.1, 0.15) is 29.2 Å². The predicted octanol–water partition coefficient (Wildman–Crippen LogP) is 5.10. The smallest absolute Gasteiger partial charge is 0.323 e. The van der Waals surface area contributed by atoms with E-state index in [1.807, 2.05) is 38.1 Å². The first-order valence-electron chi connectivity index (χ1n) is 10.4. The summed E-state index contributed by atoms with van der Waals surface area (Å²) >= 11 is 0. The number of carbonyl (C=O) groups excluding carboxylic acids is 2. The molecular weight excluding hydrogens is 418 g/mol. The average Bonchev–Trinajstić information content (AvgIpc) is 2.78. The highest BCUT2D eigenvalue weighted by Crippen LogP contribution is 2.26. The van der Waals surface area contributed by atoms with E-state index in [-0.39, 0.29) is 23.6 Å². The van der Waals surface area contributed by atoms with Crippen LogP contribution in [0.15, 0.2) is 60.7 Å². The molecule has 7 heteroatoms. The van der Waals surface area contributed by atoms with Gasteiger partial charge in [0.05, 0.1) is 17.3 Å². The molecule has 168 valence electrons. The fraction of sp³-hybridized carbons (Fsp3) is 0.192. The van der Waals surface area contributed by atoms with Crippen molar-refractivity contribution in [3.05, 3.63) is 82.9 Å². The molecule has 0 spiro atoms. The summed E-state index contributed by atoms with van der Waals surface area (Å²) < 4.78 is 5.82. The summed E-state index contributed by atoms with van der Waals surface area (Å²) in [4.78, 5) is 24.8. The lowest BCUT2D eigenvalue weighted by Gasteiger charge is -2.16. The van der Waals surface area contributed by atoms with Crippen LogP contribution in [0.4, 0.5) is 16.2 Å². The van der Waals surface area contributed by atoms with Gasteiger partial charge in [-0.1, -0.05) is 23.8 Å². The number of phenolic OH excluding ortho intramolecular Hbond substituents is 1. The molecule has 0 aromatic heterocycles. The van der Waals surface area contributed by atoms with E-state index in [1.54, 1.807) is 37.3 Å². The van der Waals surface area contributed by atoms with Crippen molar-refractivity contribution in [2.24, 2.45) is 0 Å². The van der Waals surface area contributed by atoms with E-state index in [0.29, 0.717) is 22.6 Å². The van der Waals surface area contributed by atoms with Crippen LogP contribution in [-0.2, 0) is 11.2 Å². The van der Waals surface area contributed by atoms with Crippen molar-refractivity contribution in [1.82, 2.24) is 0 Å². The number of nitrogens with one attached hydrogen (secondary N) is 2. The second-order valence-electron chi connectivity index (χ2n) is 7.79. The number of aryl methyl sites for hydroxylation is 2. The molecule has 0 aliphatic rings. The molecule has 0 aliphatic heterocycles. The number of phenols is 1. The molecular formula is C26H25N3O4. The number of amides is 2. The molecule has 1 atom stereocenters. The fourth-order valence-electron chi connectivity index (χ4n) is 3.24. The number of nitrogens with zero attached hydrogens (tertiary/aromatic N) is 1. The highest BCUT2D eigenvalue weighted by atomic mass is 16.5. The average molecular weight is 444 g/mol. The minimum absolute atomic E-state index is 0.0807. The van der Waals surface area contributed by atoms with Crippen LogP contribution in [0.5, 0.6) is 11.5 Å². The van der Waals surface area contributed by atoms with Crippen LogP contribution in [0.3, 0.4) is 0 Å². The van der Waals surface area contributed by atoms with Crippen molar-refractivity contribution in [1.29, 1.82) is 5.26 Å². The van der Waals surface area contributed by atoms with E-state index in [9.17, 15) is 14.7 Å². The predicted molar refractivity (Wildman–Crippen MR) is 127 cm³/mol. The van der Waals surface area contributed by atoms with E-state index in [0.717, 1.165) is 11.1 Å². The summed E-state index contributed by atoms with van der Waals surface area (Å²) in [6.07, 6.45) is -0.568. The second kappa shape index (κ2) is 10.3. The van der Waals surface area contributed by atoms with Crippen LogP contribution < -0.4 is 15.4 Å². The largest absolute Gasteiger partial charge is 0.506 e. The third-order valence-corrected chi connectivity index (χ3v) is 5.05. The van der Waals surface area contributed by atoms with Crippen LogP contribution in [-0.4, -0.2) is 23.0 Å². The molecule has 3 aromatic carbocycles. The molecule has 0 saturated carbocycles. The molecule has 3 N–H and O–H groups in total. The molecule has 1 unspecified atom stereocenters. The molecule has 7 nitrogen and oxygen atoms in total. The van der Waals surface area contributed by atoms with Gasteiger partial charge in [0.15, 0.2) is 11.9 Å². The molecule has 0 heterocycles. The molecule has 33 heavy (non-hydrogen) atoms. The Bertz CT molecular complexity index is 1210. The van der Waals surface area contributed by atoms with E-state index in [4.69, 9.17) is 10.00 Å². The van der Waals surface area contributed by atoms with E-state index >= 15 is 0 Å². The number of nitriles is 1. The molecule has 0 radical (unpaired) electrons. The zero-order valence-electron chi connectivity index (χ0n) is 18.7. The van der Waals surface area contributed by atoms with Crippen LogP contribution >= 0.6 is 0 Å². The van der Waals surface area contributed by atoms with Crippen molar-refractivity contribution in [3.63, 3.8) is 0 Å². The standard InChI is InChI=1S/C26H25N3O4/c1-16-4-11-25(17(2)12-16)33-18(3)23(30)13-20-7-10-22(24(31)14-20)29-26(32)28-21-8-5-19(15-27)6-9-21/h4-12,14,18,31H,13H2,1-3H3,(H2,28,29,32). The van der Waals surface area contributed by atoms with Gasteiger partial charge >= 0.3 is 6.03 Å². The molecule has 0 bridgehead atoms. The normalized spacial score (nSPS) is 11.2. The Morgan fingerprint density at radius 1 is 1.03 bits per heavy atom. The molecule has 0 aliphatic carbocycles. The van der Waals surface area contributed by atoms with Crippen molar-refractivity contribution < 1.29 is 19.4 Å². The van der Waals surface area contributed by atoms with Crippen molar-refractivity contribution in [2.45, 2.75) is 33.3 Å². The minimum atomic E-state index is -0.649. The quantitative estimate of drug-likeness (QED) is 0.440. The highest BCUT2D eigenvalue weighted by molar-refractivity contribution is 6.00. The maximum atomic E-state index is 12.6. The Morgan fingerprint density at radius 3 is 2.39 bits per heavy atom. The minimum Gasteiger partial charge on any atom is -0.506 e. The summed E-state index contributed by atoms with van der Waals surface area (Å²) in [6.45, 7) is 5.62. The van der Waals surface area contributed by atoms with Crippen LogP contribution in [0.2, 0.25) is 0 Å². The summed E-state index contributed by atoms with van der Waals surface area (Å²) in [6, 6.07) is 18.3. The zero-order chi connectivity index (χ0) is 24.0. The van der Waals surface area contributed by atoms with Gasteiger partial charge in [0, 0.05) is 12.1 Å². The van der Waals surface area contributed by atoms with E-state index in [2.05, 4.69) is 10.6 Å². The Balaban J connectivity index is 1.58. The molecule has 3 rings (SSSR count). The number of hydrogen-bond donors (Lipinski definition) is 3. The topological polar surface area (TPSA) is 111 Å². The highest BCUT2D eigenvalue weighted by Gasteiger charge is 2.17. The number of hydrogen-bond acceptors (Lipinski definition) is 5. The lowest BCUT2D eigenvalue weighted by atomic mass is 10.0. The second-order valence-corrected chi connectivity index (χ2v) is 7.79. The molecule has 3 aromatic rings. The van der Waals surface area contributed by atoms with Gasteiger partial charge in [0.2, 0.25) is 0 Å². The number of urea groups is 1. The van der Waals surface area contributed by atoms with Crippen molar-refractivity contribution in [2.75, 3.05) is 10.6 Å². The first-order chi connectivity index (χ1) is 15.7. The van der Waals surface area contributed by atoms with Crippen LogP contribution in [0.25, 0.3) is 0 Å². The number of ether oxygens (including phenoxy) is 1. The lowest BCUT2D eigenvalue weighted by molar-refractivity contribution is -0.124. The van der Waals surface area contributed by atoms with Gasteiger partial charge in [-0.25, -0.2) is 4.79 Å². The van der Waals surface area contributed by atoms with Gasteiger partial charge in [-0.3, -0.25) is 4.79 Å². The summed E-state index contributed by atoms with van der Waals surface area (Å²) in [5.41, 5.74) is 3.88. The number of ketones is 1. The first-order valence-corrected chi connectivity index (χ1v) is 10.4. The Labute approximate surface area is 192 Å². The lowest BCUT2D eigenvalue weighted by Crippen LogP contribution is -2.25. The van der Waals surface area contributed by atoms with E-state index in [1.165, 1.54) is 12.1 Å². The third kappa shape index (κ3) is 6.34. The number of aromatic hydroxyl groups is 1. The number of Topliss-reactive ketones (excluding diaryl/α,β-unsaturated/α-hetero) is 1. The van der Waals surface area contributed by atoms with Gasteiger partial charge in [-0.15, -0.1) is 0 Å². The van der Waals surface area contributed by atoms with Gasteiger partial charge < -0.3 is 20.5 Å². The molecule has 2 amide bonds. The Kier molecular flexibility index (Phi) is 7.31. The van der Waals surface area contributed by atoms with Crippen LogP contribution in [0, 0.1) is 25.2 Å². The molecule has 0 fully saturated rings. The Hall–Kier alpha value is -4.31. The van der Waals surface area contributed by atoms with Crippen molar-refractivity contribution >= 4 is 23.2 Å². The van der Waals surface area contributed by atoms with Crippen molar-refractivity contribution in [3.8, 4) is 17.6 Å².